The van der Waals surface area contributed by atoms with Crippen molar-refractivity contribution < 1.29 is 19.6 Å². The molecule has 6 nitrogen and oxygen atoms in total. The number of nitrogens with one attached hydrogen (secondary N) is 1. The van der Waals surface area contributed by atoms with E-state index in [1.165, 1.54) is 10.5 Å². The lowest BCUT2D eigenvalue weighted by atomic mass is 9.83. The Kier molecular flexibility index (Phi) is 7.43. The summed E-state index contributed by atoms with van der Waals surface area (Å²) in [4.78, 5) is 32.4. The number of benzene rings is 1. The molecule has 0 radical (unpaired) electrons. The molecule has 1 fully saturated rings. The minimum absolute atomic E-state index is 0.0320. The van der Waals surface area contributed by atoms with Gasteiger partial charge in [-0.15, -0.1) is 0 Å². The van der Waals surface area contributed by atoms with Crippen molar-refractivity contribution in [3.8, 4) is 0 Å². The number of carbonyl (C=O) groups excluding carboxylic acids is 2. The fourth-order valence-corrected chi connectivity index (χ4v) is 4.17. The number of Topliss-reactive ketones (excluding diaryl/α,β-unsaturated/α-hetero) is 1. The van der Waals surface area contributed by atoms with Crippen LogP contribution in [0.15, 0.2) is 40.6 Å². The second kappa shape index (κ2) is 10.0. The van der Waals surface area contributed by atoms with Crippen molar-refractivity contribution in [2.45, 2.75) is 39.5 Å². The van der Waals surface area contributed by atoms with E-state index in [4.69, 9.17) is 0 Å². The van der Waals surface area contributed by atoms with Gasteiger partial charge >= 0.3 is 0 Å². The lowest BCUT2D eigenvalue weighted by molar-refractivity contribution is -0.902. The monoisotopic (exact) mass is 412 g/mol. The van der Waals surface area contributed by atoms with Gasteiger partial charge in [0.1, 0.15) is 5.76 Å². The fraction of sp³-hybridized carbons (Fsp3) is 0.542. The molecule has 30 heavy (non-hydrogen) atoms. The summed E-state index contributed by atoms with van der Waals surface area (Å²) in [6, 6.07) is 8.16. The Morgan fingerprint density at radius 1 is 1.23 bits per heavy atom. The van der Waals surface area contributed by atoms with Crippen LogP contribution in [0.4, 0.5) is 0 Å². The highest BCUT2D eigenvalue weighted by Gasteiger charge is 2.28. The zero-order valence-electron chi connectivity index (χ0n) is 18.4. The van der Waals surface area contributed by atoms with E-state index < -0.39 is 0 Å². The summed E-state index contributed by atoms with van der Waals surface area (Å²) >= 11 is 0. The topological polar surface area (TPSA) is 74.4 Å². The number of carbonyl (C=O) groups is 2. The standard InChI is InChI=1S/C24H33N3O3/c1-17(2)24(30)27-12-10-26(11-13-27)9-8-25-16-21-22(28)14-20(15-23(21)29)19-6-4-18(3)5-7-19/h4-7,16-17,20,28H,8-15H2,1-3H3/p+1. The van der Waals surface area contributed by atoms with Crippen molar-refractivity contribution in [1.82, 2.24) is 4.90 Å². The summed E-state index contributed by atoms with van der Waals surface area (Å²) in [5.41, 5.74) is 2.64. The van der Waals surface area contributed by atoms with Crippen LogP contribution in [0.2, 0.25) is 0 Å². The molecule has 1 aromatic carbocycles. The number of quaternary nitrogens is 1. The smallest absolute Gasteiger partial charge is 0.225 e. The fourth-order valence-electron chi connectivity index (χ4n) is 4.17. The maximum Gasteiger partial charge on any atom is 0.225 e. The van der Waals surface area contributed by atoms with Gasteiger partial charge in [0.15, 0.2) is 5.78 Å². The van der Waals surface area contributed by atoms with E-state index in [0.717, 1.165) is 38.3 Å². The van der Waals surface area contributed by atoms with Crippen LogP contribution in [-0.2, 0) is 9.59 Å². The molecule has 1 atom stereocenters. The van der Waals surface area contributed by atoms with Crippen molar-refractivity contribution in [3.05, 3.63) is 46.7 Å². The molecule has 2 aliphatic rings. The molecule has 1 saturated heterocycles. The summed E-state index contributed by atoms with van der Waals surface area (Å²) in [5, 5.41) is 10.4. The average Bonchev–Trinajstić information content (AvgIpc) is 2.73. The van der Waals surface area contributed by atoms with Crippen molar-refractivity contribution in [1.29, 1.82) is 0 Å². The second-order valence-corrected chi connectivity index (χ2v) is 8.81. The molecule has 0 aromatic heterocycles. The number of hydrogen-bond donors (Lipinski definition) is 2. The predicted molar refractivity (Wildman–Crippen MR) is 118 cm³/mol. The lowest BCUT2D eigenvalue weighted by Gasteiger charge is -2.32. The molecule has 6 heteroatoms. The Balaban J connectivity index is 1.48. The molecule has 0 saturated carbocycles. The Labute approximate surface area is 179 Å². The zero-order chi connectivity index (χ0) is 21.7. The highest BCUT2D eigenvalue weighted by molar-refractivity contribution is 6.14. The molecule has 0 spiro atoms. The van der Waals surface area contributed by atoms with Crippen LogP contribution in [0, 0.1) is 12.8 Å². The highest BCUT2D eigenvalue weighted by Crippen LogP contribution is 2.33. The molecule has 162 valence electrons. The number of hydrogen-bond acceptors (Lipinski definition) is 4. The van der Waals surface area contributed by atoms with Gasteiger partial charge in [0, 0.05) is 25.0 Å². The summed E-state index contributed by atoms with van der Waals surface area (Å²) in [7, 11) is 0. The van der Waals surface area contributed by atoms with Crippen LogP contribution in [0.3, 0.4) is 0 Å². The third-order valence-corrected chi connectivity index (χ3v) is 6.12. The van der Waals surface area contributed by atoms with Crippen LogP contribution in [0.25, 0.3) is 0 Å². The van der Waals surface area contributed by atoms with E-state index in [1.807, 2.05) is 49.9 Å². The maximum absolute atomic E-state index is 12.6. The number of piperazine rings is 1. The molecule has 0 bridgehead atoms. The van der Waals surface area contributed by atoms with Crippen molar-refractivity contribution in [2.24, 2.45) is 10.9 Å². The van der Waals surface area contributed by atoms with Crippen LogP contribution in [0.1, 0.15) is 43.7 Å². The first kappa shape index (κ1) is 22.2. The summed E-state index contributed by atoms with van der Waals surface area (Å²) in [6.07, 6.45) is 2.44. The van der Waals surface area contributed by atoms with Gasteiger partial charge in [0.05, 0.1) is 44.8 Å². The largest absolute Gasteiger partial charge is 0.511 e. The van der Waals surface area contributed by atoms with E-state index in [0.29, 0.717) is 25.0 Å². The van der Waals surface area contributed by atoms with Crippen molar-refractivity contribution in [2.75, 3.05) is 39.3 Å². The Hall–Kier alpha value is -2.47. The van der Waals surface area contributed by atoms with Crippen molar-refractivity contribution >= 4 is 17.9 Å². The summed E-state index contributed by atoms with van der Waals surface area (Å²) < 4.78 is 0. The van der Waals surface area contributed by atoms with Gasteiger partial charge in [0.25, 0.3) is 0 Å². The normalized spacial score (nSPS) is 21.1. The van der Waals surface area contributed by atoms with Gasteiger partial charge in [-0.05, 0) is 18.4 Å². The Morgan fingerprint density at radius 2 is 1.90 bits per heavy atom. The third kappa shape index (κ3) is 5.57. The summed E-state index contributed by atoms with van der Waals surface area (Å²) in [6.45, 7) is 10.8. The van der Waals surface area contributed by atoms with Crippen LogP contribution in [-0.4, -0.2) is 67.2 Å². The molecule has 2 N–H and O–H groups in total. The van der Waals surface area contributed by atoms with Crippen LogP contribution >= 0.6 is 0 Å². The van der Waals surface area contributed by atoms with Gasteiger partial charge in [-0.1, -0.05) is 43.7 Å². The summed E-state index contributed by atoms with van der Waals surface area (Å²) in [5.74, 6) is 0.421. The first-order chi connectivity index (χ1) is 14.3. The minimum atomic E-state index is -0.0405. The van der Waals surface area contributed by atoms with Gasteiger partial charge in [-0.2, -0.15) is 0 Å². The molecular formula is C24H34N3O3+. The molecule has 1 amide bonds. The van der Waals surface area contributed by atoms with Gasteiger partial charge in [-0.3, -0.25) is 14.6 Å². The number of allylic oxidation sites excluding steroid dienone is 2. The Morgan fingerprint density at radius 3 is 2.50 bits per heavy atom. The lowest BCUT2D eigenvalue weighted by Crippen LogP contribution is -3.15. The van der Waals surface area contributed by atoms with E-state index >= 15 is 0 Å². The molecule has 3 rings (SSSR count). The first-order valence-electron chi connectivity index (χ1n) is 11.0. The average molecular weight is 413 g/mol. The van der Waals surface area contributed by atoms with Crippen LogP contribution < -0.4 is 4.90 Å². The molecule has 1 unspecified atom stereocenters. The van der Waals surface area contributed by atoms with E-state index in [9.17, 15) is 14.7 Å². The first-order valence-corrected chi connectivity index (χ1v) is 11.0. The van der Waals surface area contributed by atoms with Crippen molar-refractivity contribution in [3.63, 3.8) is 0 Å². The number of aliphatic imine (C=N–C) groups is 1. The molecule has 1 heterocycles. The number of amides is 1. The predicted octanol–water partition coefficient (Wildman–Crippen LogP) is 1.71. The maximum atomic E-state index is 12.6. The van der Waals surface area contributed by atoms with E-state index in [1.54, 1.807) is 6.21 Å². The second-order valence-electron chi connectivity index (χ2n) is 8.81. The third-order valence-electron chi connectivity index (χ3n) is 6.12. The molecule has 1 aliphatic carbocycles. The number of aliphatic hydroxyl groups is 1. The van der Waals surface area contributed by atoms with Gasteiger partial charge in [-0.25, -0.2) is 0 Å². The molecule has 1 aromatic rings. The number of ketones is 1. The highest BCUT2D eigenvalue weighted by atomic mass is 16.3. The Bertz CT molecular complexity index is 819. The number of nitrogens with zero attached hydrogens (tertiary/aromatic N) is 2. The minimum Gasteiger partial charge on any atom is -0.511 e. The van der Waals surface area contributed by atoms with E-state index in [2.05, 4.69) is 4.99 Å². The number of aliphatic hydroxyl groups excluding tert-OH is 1. The quantitative estimate of drug-likeness (QED) is 0.699. The number of aryl methyl sites for hydroxylation is 1. The SMILES string of the molecule is Cc1ccc(C2CC(=O)C(C=NCC[NH+]3CCN(C(=O)C(C)C)CC3)=C(O)C2)cc1. The molecular weight excluding hydrogens is 378 g/mol. The van der Waals surface area contributed by atoms with Gasteiger partial charge < -0.3 is 14.9 Å². The number of rotatable bonds is 6. The molecule has 1 aliphatic heterocycles. The van der Waals surface area contributed by atoms with Crippen LogP contribution in [0.5, 0.6) is 0 Å². The zero-order valence-corrected chi connectivity index (χ0v) is 18.4. The van der Waals surface area contributed by atoms with Gasteiger partial charge in [0.2, 0.25) is 5.91 Å². The van der Waals surface area contributed by atoms with E-state index in [-0.39, 0.29) is 29.3 Å².